The van der Waals surface area contributed by atoms with E-state index in [2.05, 4.69) is 5.32 Å². The number of ether oxygens (including phenoxy) is 2. The van der Waals surface area contributed by atoms with E-state index in [0.717, 1.165) is 0 Å². The van der Waals surface area contributed by atoms with Gasteiger partial charge >= 0.3 is 5.97 Å². The minimum absolute atomic E-state index is 0.00245. The molecule has 1 aromatic rings. The third kappa shape index (κ3) is 3.90. The number of nitriles is 3. The smallest absolute Gasteiger partial charge is 0.337 e. The lowest BCUT2D eigenvalue weighted by Crippen LogP contribution is -2.08. The first-order chi connectivity index (χ1) is 11.0. The van der Waals surface area contributed by atoms with E-state index in [0.29, 0.717) is 6.61 Å². The predicted octanol–water partition coefficient (Wildman–Crippen LogP) is 2.03. The highest BCUT2D eigenvalue weighted by molar-refractivity contribution is 5.96. The number of nitrogens with one attached hydrogen (secondary N) is 1. The zero-order chi connectivity index (χ0) is 17.4. The van der Waals surface area contributed by atoms with Crippen molar-refractivity contribution >= 4 is 11.7 Å². The summed E-state index contributed by atoms with van der Waals surface area (Å²) in [6, 6.07) is 7.33. The minimum Gasteiger partial charge on any atom is -0.493 e. The van der Waals surface area contributed by atoms with E-state index in [1.165, 1.54) is 19.2 Å². The number of methoxy groups -OCH3 is 1. The van der Waals surface area contributed by atoms with Crippen LogP contribution in [-0.2, 0) is 0 Å². The Balaban J connectivity index is 3.50. The molecule has 1 rings (SSSR count). The first kappa shape index (κ1) is 17.4. The number of benzene rings is 1. The maximum absolute atomic E-state index is 11.4. The van der Waals surface area contributed by atoms with Gasteiger partial charge in [0.1, 0.15) is 23.9 Å². The molecule has 0 aliphatic heterocycles. The molecule has 23 heavy (non-hydrogen) atoms. The van der Waals surface area contributed by atoms with Crippen LogP contribution >= 0.6 is 0 Å². The molecule has 0 radical (unpaired) electrons. The van der Waals surface area contributed by atoms with Crippen LogP contribution < -0.4 is 14.8 Å². The monoisotopic (exact) mass is 312 g/mol. The number of aromatic carboxylic acids is 1. The largest absolute Gasteiger partial charge is 0.493 e. The number of rotatable bonds is 6. The Morgan fingerprint density at radius 1 is 1.22 bits per heavy atom. The normalized spacial score (nSPS) is 8.83. The summed E-state index contributed by atoms with van der Waals surface area (Å²) < 4.78 is 10.4. The van der Waals surface area contributed by atoms with Gasteiger partial charge < -0.3 is 19.9 Å². The fourth-order valence-corrected chi connectivity index (χ4v) is 1.69. The fraction of sp³-hybridized carbons (Fsp3) is 0.200. The van der Waals surface area contributed by atoms with Crippen LogP contribution in [0.4, 0.5) is 5.69 Å². The highest BCUT2D eigenvalue weighted by atomic mass is 16.5. The van der Waals surface area contributed by atoms with Crippen LogP contribution in [0.15, 0.2) is 23.4 Å². The molecular weight excluding hydrogens is 300 g/mol. The van der Waals surface area contributed by atoms with Crippen molar-refractivity contribution in [3.8, 4) is 29.7 Å². The van der Waals surface area contributed by atoms with Crippen LogP contribution in [0, 0.1) is 34.0 Å². The first-order valence-corrected chi connectivity index (χ1v) is 6.32. The van der Waals surface area contributed by atoms with Crippen molar-refractivity contribution in [2.75, 3.05) is 19.0 Å². The van der Waals surface area contributed by atoms with Crippen molar-refractivity contribution in [3.05, 3.63) is 29.0 Å². The molecule has 0 saturated carbocycles. The molecule has 0 fully saturated rings. The zero-order valence-electron chi connectivity index (χ0n) is 12.4. The summed E-state index contributed by atoms with van der Waals surface area (Å²) in [6.45, 7) is 2.03. The number of nitrogens with zero attached hydrogens (tertiary/aromatic N) is 3. The van der Waals surface area contributed by atoms with E-state index in [9.17, 15) is 9.90 Å². The second-order valence-electron chi connectivity index (χ2n) is 4.00. The summed E-state index contributed by atoms with van der Waals surface area (Å²) in [4.78, 5) is 11.4. The van der Waals surface area contributed by atoms with E-state index in [-0.39, 0.29) is 28.4 Å². The van der Waals surface area contributed by atoms with Crippen molar-refractivity contribution in [2.24, 2.45) is 0 Å². The lowest BCUT2D eigenvalue weighted by atomic mass is 10.1. The topological polar surface area (TPSA) is 139 Å². The van der Waals surface area contributed by atoms with Crippen LogP contribution in [0.5, 0.6) is 11.5 Å². The number of anilines is 1. The summed E-state index contributed by atoms with van der Waals surface area (Å²) in [6.07, 6.45) is 0. The van der Waals surface area contributed by atoms with E-state index >= 15 is 0 Å². The molecular formula is C15H12N4O4. The zero-order valence-corrected chi connectivity index (χ0v) is 12.4. The van der Waals surface area contributed by atoms with Crippen LogP contribution in [-0.4, -0.2) is 24.8 Å². The second kappa shape index (κ2) is 7.92. The summed E-state index contributed by atoms with van der Waals surface area (Å²) in [5.74, 6) is -0.808. The van der Waals surface area contributed by atoms with Gasteiger partial charge in [0, 0.05) is 12.1 Å². The lowest BCUT2D eigenvalue weighted by Gasteiger charge is -2.14. The summed E-state index contributed by atoms with van der Waals surface area (Å²) in [7, 11) is 1.37. The molecule has 0 saturated heterocycles. The predicted molar refractivity (Wildman–Crippen MR) is 78.6 cm³/mol. The summed E-state index contributed by atoms with van der Waals surface area (Å²) >= 11 is 0. The number of carboxylic acids is 1. The first-order valence-electron chi connectivity index (χ1n) is 6.32. The number of carbonyl (C=O) groups is 1. The quantitative estimate of drug-likeness (QED) is 0.760. The van der Waals surface area contributed by atoms with Gasteiger partial charge in [-0.15, -0.1) is 0 Å². The average Bonchev–Trinajstić information content (AvgIpc) is 2.55. The molecule has 0 amide bonds. The van der Waals surface area contributed by atoms with Crippen LogP contribution in [0.3, 0.4) is 0 Å². The number of hydrogen-bond acceptors (Lipinski definition) is 7. The van der Waals surface area contributed by atoms with Crippen molar-refractivity contribution in [2.45, 2.75) is 6.92 Å². The molecule has 0 bridgehead atoms. The lowest BCUT2D eigenvalue weighted by molar-refractivity contribution is 0.0697. The minimum atomic E-state index is -1.27. The molecule has 0 aromatic heterocycles. The summed E-state index contributed by atoms with van der Waals surface area (Å²) in [5.41, 5.74) is -1.02. The molecule has 8 heteroatoms. The number of carboxylic acid groups (broad SMARTS) is 1. The van der Waals surface area contributed by atoms with E-state index < -0.39 is 11.5 Å². The second-order valence-corrected chi connectivity index (χ2v) is 4.00. The van der Waals surface area contributed by atoms with Gasteiger partial charge in [0.2, 0.25) is 0 Å². The van der Waals surface area contributed by atoms with Gasteiger partial charge in [0.25, 0.3) is 0 Å². The summed E-state index contributed by atoms with van der Waals surface area (Å²) in [5, 5.41) is 38.4. The van der Waals surface area contributed by atoms with Gasteiger partial charge in [-0.3, -0.25) is 0 Å². The molecule has 1 aromatic carbocycles. The Kier molecular flexibility index (Phi) is 5.97. The Bertz CT molecular complexity index is 762. The molecule has 0 heterocycles. The molecule has 2 N–H and O–H groups in total. The van der Waals surface area contributed by atoms with Crippen LogP contribution in [0.2, 0.25) is 0 Å². The molecule has 0 spiro atoms. The maximum atomic E-state index is 11.4. The van der Waals surface area contributed by atoms with E-state index in [4.69, 9.17) is 25.3 Å². The fourth-order valence-electron chi connectivity index (χ4n) is 1.69. The van der Waals surface area contributed by atoms with Crippen molar-refractivity contribution in [1.82, 2.24) is 0 Å². The molecule has 8 nitrogen and oxygen atoms in total. The number of hydrogen-bond donors (Lipinski definition) is 2. The molecule has 0 aliphatic carbocycles. The van der Waals surface area contributed by atoms with Crippen molar-refractivity contribution < 1.29 is 19.4 Å². The van der Waals surface area contributed by atoms with Gasteiger partial charge in [0.05, 0.1) is 25.0 Å². The Labute approximate surface area is 132 Å². The van der Waals surface area contributed by atoms with E-state index in [1.54, 1.807) is 25.1 Å². The van der Waals surface area contributed by atoms with Crippen LogP contribution in [0.25, 0.3) is 0 Å². The van der Waals surface area contributed by atoms with Crippen LogP contribution in [0.1, 0.15) is 17.3 Å². The SMILES string of the molecule is CCOc1cc(C(=O)O)c(NC(C#N)=C(C#N)C#N)cc1OC. The van der Waals surface area contributed by atoms with Crippen molar-refractivity contribution in [3.63, 3.8) is 0 Å². The van der Waals surface area contributed by atoms with Crippen molar-refractivity contribution in [1.29, 1.82) is 15.8 Å². The van der Waals surface area contributed by atoms with E-state index in [1.807, 2.05) is 0 Å². The molecule has 0 unspecified atom stereocenters. The Hall–Kier alpha value is -3.70. The Morgan fingerprint density at radius 2 is 1.87 bits per heavy atom. The van der Waals surface area contributed by atoms with Gasteiger partial charge in [-0.1, -0.05) is 0 Å². The maximum Gasteiger partial charge on any atom is 0.337 e. The highest BCUT2D eigenvalue weighted by Gasteiger charge is 2.18. The van der Waals surface area contributed by atoms with Gasteiger partial charge in [-0.05, 0) is 6.92 Å². The Morgan fingerprint density at radius 3 is 2.30 bits per heavy atom. The molecule has 116 valence electrons. The van der Waals surface area contributed by atoms with Gasteiger partial charge in [0.15, 0.2) is 17.1 Å². The molecule has 0 aliphatic rings. The third-order valence-electron chi connectivity index (χ3n) is 2.68. The standard InChI is InChI=1S/C15H12N4O4/c1-3-23-14-4-10(15(20)21)11(5-13(14)22-2)19-12(8-18)9(6-16)7-17/h4-5,19H,3H2,1-2H3,(H,20,21). The average molecular weight is 312 g/mol. The highest BCUT2D eigenvalue weighted by Crippen LogP contribution is 2.34. The third-order valence-corrected chi connectivity index (χ3v) is 2.68. The molecule has 0 atom stereocenters. The van der Waals surface area contributed by atoms with Gasteiger partial charge in [-0.25, -0.2) is 4.79 Å². The number of allylic oxidation sites excluding steroid dienone is 2. The van der Waals surface area contributed by atoms with Gasteiger partial charge in [-0.2, -0.15) is 15.8 Å².